The first kappa shape index (κ1) is 29.6. The van der Waals surface area contributed by atoms with Gasteiger partial charge in [0.15, 0.2) is 0 Å². The fraction of sp³-hybridized carbons (Fsp3) is 0.792. The molecular formula is C24H44O5. The van der Waals surface area contributed by atoms with Crippen LogP contribution in [0.3, 0.4) is 0 Å². The maximum Gasteiger partial charge on any atom is 0.313 e. The topological polar surface area (TPSA) is 80.7 Å². The molecule has 5 nitrogen and oxygen atoms in total. The maximum atomic E-state index is 10.4. The highest BCUT2D eigenvalue weighted by Crippen LogP contribution is 2.09. The number of esters is 1. The molecule has 0 aliphatic rings. The maximum absolute atomic E-state index is 10.4. The lowest BCUT2D eigenvalue weighted by Crippen LogP contribution is -2.07. The average molecular weight is 413 g/mol. The number of carbonyl (C=O) groups is 3. The minimum Gasteiger partial charge on any atom is -0.481 e. The van der Waals surface area contributed by atoms with Gasteiger partial charge < -0.3 is 9.84 Å². The molecule has 0 amide bonds. The van der Waals surface area contributed by atoms with Crippen LogP contribution in [-0.4, -0.2) is 29.4 Å². The molecule has 0 rings (SSSR count). The normalized spacial score (nSPS) is 10.4. The quantitative estimate of drug-likeness (QED) is 0.118. The second kappa shape index (κ2) is 24.4. The summed E-state index contributed by atoms with van der Waals surface area (Å²) in [7, 11) is 0. The van der Waals surface area contributed by atoms with Gasteiger partial charge >= 0.3 is 11.9 Å². The van der Waals surface area contributed by atoms with Crippen molar-refractivity contribution < 1.29 is 24.2 Å². The van der Waals surface area contributed by atoms with E-state index in [4.69, 9.17) is 5.11 Å². The fourth-order valence-electron chi connectivity index (χ4n) is 2.76. The van der Waals surface area contributed by atoms with Crippen molar-refractivity contribution in [3.63, 3.8) is 0 Å². The Balaban J connectivity index is 0. The summed E-state index contributed by atoms with van der Waals surface area (Å²) in [6.45, 7) is 5.66. The van der Waals surface area contributed by atoms with Crippen molar-refractivity contribution in [1.82, 2.24) is 0 Å². The van der Waals surface area contributed by atoms with E-state index in [0.29, 0.717) is 13.0 Å². The summed E-state index contributed by atoms with van der Waals surface area (Å²) < 4.78 is 4.49. The molecule has 29 heavy (non-hydrogen) atoms. The smallest absolute Gasteiger partial charge is 0.313 e. The number of ketones is 1. The number of hydrogen-bond acceptors (Lipinski definition) is 4. The first-order chi connectivity index (χ1) is 13.9. The van der Waals surface area contributed by atoms with Crippen molar-refractivity contribution >= 4 is 17.7 Å². The van der Waals surface area contributed by atoms with Crippen molar-refractivity contribution in [2.75, 3.05) is 6.61 Å². The lowest BCUT2D eigenvalue weighted by atomic mass is 10.1. The molecule has 0 spiro atoms. The SMILES string of the molecule is CCCCCCCCC=CCCCCCCCC(=O)O.CCOC(=O)CC(C)=O. The van der Waals surface area contributed by atoms with E-state index in [9.17, 15) is 14.4 Å². The summed E-state index contributed by atoms with van der Waals surface area (Å²) >= 11 is 0. The minimum absolute atomic E-state index is 0.103. The van der Waals surface area contributed by atoms with Crippen molar-refractivity contribution in [1.29, 1.82) is 0 Å². The molecule has 170 valence electrons. The highest BCUT2D eigenvalue weighted by Gasteiger charge is 2.03. The second-order valence-electron chi connectivity index (χ2n) is 7.41. The van der Waals surface area contributed by atoms with E-state index in [1.54, 1.807) is 6.92 Å². The van der Waals surface area contributed by atoms with Crippen LogP contribution in [0.2, 0.25) is 0 Å². The van der Waals surface area contributed by atoms with Gasteiger partial charge in [-0.2, -0.15) is 0 Å². The molecule has 0 aromatic carbocycles. The van der Waals surface area contributed by atoms with Crippen molar-refractivity contribution in [2.45, 2.75) is 117 Å². The zero-order valence-electron chi connectivity index (χ0n) is 19.0. The number of Topliss-reactive ketones (excluding diaryl/α,β-unsaturated/α-hetero) is 1. The summed E-state index contributed by atoms with van der Waals surface area (Å²) in [5, 5.41) is 8.51. The first-order valence-electron chi connectivity index (χ1n) is 11.5. The summed E-state index contributed by atoms with van der Waals surface area (Å²) in [6.07, 6.45) is 21.1. The summed E-state index contributed by atoms with van der Waals surface area (Å²) in [4.78, 5) is 31.0. The second-order valence-corrected chi connectivity index (χ2v) is 7.41. The number of aliphatic carboxylic acids is 1. The molecule has 0 saturated heterocycles. The van der Waals surface area contributed by atoms with E-state index in [-0.39, 0.29) is 12.2 Å². The molecule has 0 bridgehead atoms. The Morgan fingerprint density at radius 2 is 1.24 bits per heavy atom. The van der Waals surface area contributed by atoms with Crippen LogP contribution >= 0.6 is 0 Å². The van der Waals surface area contributed by atoms with E-state index in [0.717, 1.165) is 12.8 Å². The molecule has 1 N–H and O–H groups in total. The predicted molar refractivity (Wildman–Crippen MR) is 119 cm³/mol. The van der Waals surface area contributed by atoms with Gasteiger partial charge in [0.05, 0.1) is 6.61 Å². The van der Waals surface area contributed by atoms with Crippen LogP contribution < -0.4 is 0 Å². The Hall–Kier alpha value is -1.65. The first-order valence-corrected chi connectivity index (χ1v) is 11.5. The van der Waals surface area contributed by atoms with Crippen LogP contribution in [0.1, 0.15) is 117 Å². The number of unbranched alkanes of at least 4 members (excludes halogenated alkanes) is 11. The number of hydrogen-bond donors (Lipinski definition) is 1. The molecule has 0 fully saturated rings. The van der Waals surface area contributed by atoms with Crippen LogP contribution in [0.5, 0.6) is 0 Å². The van der Waals surface area contributed by atoms with Crippen LogP contribution in [0.25, 0.3) is 0 Å². The highest BCUT2D eigenvalue weighted by molar-refractivity contribution is 5.94. The number of carboxylic acid groups (broad SMARTS) is 1. The molecule has 0 aromatic rings. The van der Waals surface area contributed by atoms with E-state index in [1.165, 1.54) is 77.6 Å². The molecule has 0 aromatic heterocycles. The van der Waals surface area contributed by atoms with Gasteiger partial charge in [0.25, 0.3) is 0 Å². The monoisotopic (exact) mass is 412 g/mol. The molecule has 0 radical (unpaired) electrons. The number of allylic oxidation sites excluding steroid dienone is 2. The van der Waals surface area contributed by atoms with Gasteiger partial charge in [-0.15, -0.1) is 0 Å². The Labute approximate surface area is 178 Å². The Kier molecular flexibility index (Phi) is 24.9. The summed E-state index contributed by atoms with van der Waals surface area (Å²) in [5.74, 6) is -1.26. The highest BCUT2D eigenvalue weighted by atomic mass is 16.5. The summed E-state index contributed by atoms with van der Waals surface area (Å²) in [5.41, 5.74) is 0. The van der Waals surface area contributed by atoms with Gasteiger partial charge in [0, 0.05) is 6.42 Å². The molecule has 0 atom stereocenters. The van der Waals surface area contributed by atoms with Crippen molar-refractivity contribution in [3.05, 3.63) is 12.2 Å². The van der Waals surface area contributed by atoms with Crippen LogP contribution in [0.15, 0.2) is 12.2 Å². The van der Waals surface area contributed by atoms with Gasteiger partial charge in [0.1, 0.15) is 12.2 Å². The fourth-order valence-corrected chi connectivity index (χ4v) is 2.76. The molecule has 0 aliphatic heterocycles. The van der Waals surface area contributed by atoms with Gasteiger partial charge in [-0.25, -0.2) is 0 Å². The van der Waals surface area contributed by atoms with E-state index in [1.807, 2.05) is 0 Å². The van der Waals surface area contributed by atoms with Gasteiger partial charge in [-0.3, -0.25) is 14.4 Å². The largest absolute Gasteiger partial charge is 0.481 e. The number of ether oxygens (including phenoxy) is 1. The van der Waals surface area contributed by atoms with Gasteiger partial charge in [-0.1, -0.05) is 70.4 Å². The standard InChI is InChI=1S/C18H34O2.C6H10O3/c1-2-3-4-5-6-7-8-9-10-11-12-13-14-15-16-17-18(19)20;1-3-9-6(8)4-5(2)7/h9-10H,2-8,11-17H2,1H3,(H,19,20);3-4H2,1-2H3. The third-order valence-electron chi connectivity index (χ3n) is 4.35. The number of carboxylic acids is 1. The lowest BCUT2D eigenvalue weighted by molar-refractivity contribution is -0.145. The zero-order chi connectivity index (χ0) is 22.2. The number of rotatable bonds is 18. The van der Waals surface area contributed by atoms with Crippen molar-refractivity contribution in [2.24, 2.45) is 0 Å². The van der Waals surface area contributed by atoms with Gasteiger partial charge in [-0.05, 0) is 46.0 Å². The molecule has 0 unspecified atom stereocenters. The molecule has 0 heterocycles. The van der Waals surface area contributed by atoms with Crippen molar-refractivity contribution in [3.8, 4) is 0 Å². The van der Waals surface area contributed by atoms with E-state index >= 15 is 0 Å². The predicted octanol–water partition coefficient (Wildman–Crippen LogP) is 6.64. The molecule has 0 saturated carbocycles. The summed E-state index contributed by atoms with van der Waals surface area (Å²) in [6, 6.07) is 0. The Morgan fingerprint density at radius 3 is 1.69 bits per heavy atom. The van der Waals surface area contributed by atoms with E-state index < -0.39 is 11.9 Å². The van der Waals surface area contributed by atoms with E-state index in [2.05, 4.69) is 23.8 Å². The van der Waals surface area contributed by atoms with Crippen LogP contribution in [0.4, 0.5) is 0 Å². The van der Waals surface area contributed by atoms with Gasteiger partial charge in [0.2, 0.25) is 0 Å². The van der Waals surface area contributed by atoms with Crippen LogP contribution in [-0.2, 0) is 19.1 Å². The number of carbonyl (C=O) groups excluding carboxylic acids is 2. The molecular weight excluding hydrogens is 368 g/mol. The Bertz CT molecular complexity index is 429. The zero-order valence-corrected chi connectivity index (χ0v) is 19.0. The lowest BCUT2D eigenvalue weighted by Gasteiger charge is -1.99. The molecule has 0 aliphatic carbocycles. The minimum atomic E-state index is -0.664. The third kappa shape index (κ3) is 31.3. The Morgan fingerprint density at radius 1 is 0.759 bits per heavy atom. The third-order valence-corrected chi connectivity index (χ3v) is 4.35. The molecule has 5 heteroatoms. The average Bonchev–Trinajstić information content (AvgIpc) is 2.65. The van der Waals surface area contributed by atoms with Crippen LogP contribution in [0, 0.1) is 0 Å².